The molecule has 0 aromatic heterocycles. The molecule has 9 heteroatoms. The Morgan fingerprint density at radius 1 is 0.163 bits per heavy atom. The third kappa shape index (κ3) is 14.4. The number of nitrogens with zero attached hydrogens (tertiary/aromatic N) is 3. The van der Waals surface area contributed by atoms with Crippen LogP contribution < -0.4 is 14.7 Å². The van der Waals surface area contributed by atoms with Gasteiger partial charge in [0.1, 0.15) is 0 Å². The lowest BCUT2D eigenvalue weighted by atomic mass is 9.82. The fourth-order valence-electron chi connectivity index (χ4n) is 20.7. The smallest absolute Gasteiger partial charge is 0.197 e. The molecule has 0 bridgehead atoms. The topological polar surface area (TPSA) is 112 Å². The van der Waals surface area contributed by atoms with E-state index in [0.29, 0.717) is 33.4 Å². The number of carbonyl (C=O) groups excluding carboxylic acids is 6. The maximum Gasteiger partial charge on any atom is 0.197 e. The summed E-state index contributed by atoms with van der Waals surface area (Å²) in [6.45, 7) is 9.31. The third-order valence-corrected chi connectivity index (χ3v) is 27.6. The Morgan fingerprint density at radius 2 is 0.363 bits per heavy atom. The van der Waals surface area contributed by atoms with Crippen LogP contribution in [0.5, 0.6) is 0 Å². The molecule has 9 nitrogen and oxygen atoms in total. The summed E-state index contributed by atoms with van der Waals surface area (Å²) in [6, 6.07) is 145. The summed E-state index contributed by atoms with van der Waals surface area (Å²) >= 11 is 0. The molecule has 0 atom stereocenters. The lowest BCUT2D eigenvalue weighted by molar-refractivity contribution is 0.0975. The number of allylic oxidation sites excluding steroid dienone is 3. The van der Waals surface area contributed by atoms with Gasteiger partial charge in [-0.2, -0.15) is 0 Å². The summed E-state index contributed by atoms with van der Waals surface area (Å²) in [5, 5.41) is 13.5. The number of hydrogen-bond donors (Lipinski definition) is 0. The lowest BCUT2D eigenvalue weighted by Gasteiger charge is -2.30. The molecule has 0 amide bonds. The van der Waals surface area contributed by atoms with Crippen LogP contribution in [-0.4, -0.2) is 34.7 Å². The van der Waals surface area contributed by atoms with Crippen molar-refractivity contribution in [2.24, 2.45) is 0 Å². The van der Waals surface area contributed by atoms with Gasteiger partial charge in [-0.25, -0.2) is 0 Å². The molecule has 0 radical (unpaired) electrons. The number of hydrogen-bond acceptors (Lipinski definition) is 9. The van der Waals surface area contributed by atoms with Crippen molar-refractivity contribution in [1.82, 2.24) is 0 Å². The fourth-order valence-corrected chi connectivity index (χ4v) is 20.7. The number of para-hydroxylation sites is 1. The van der Waals surface area contributed by atoms with Crippen molar-refractivity contribution >= 4 is 169 Å². The second-order valence-corrected chi connectivity index (χ2v) is 36.4. The molecule has 5 aliphatic rings. The summed E-state index contributed by atoms with van der Waals surface area (Å²) in [5.74, 6) is -1.26. The number of ketones is 6. The van der Waals surface area contributed by atoms with Crippen LogP contribution in [0.4, 0.5) is 51.2 Å². The Bertz CT molecular complexity index is 8300. The van der Waals surface area contributed by atoms with E-state index in [-0.39, 0.29) is 62.2 Å². The summed E-state index contributed by atoms with van der Waals surface area (Å²) in [4.78, 5) is 84.7. The molecule has 640 valence electrons. The van der Waals surface area contributed by atoms with Crippen LogP contribution in [0.1, 0.15) is 129 Å². The Balaban J connectivity index is 0.000000116. The first-order valence-electron chi connectivity index (χ1n) is 45.6. The molecule has 0 spiro atoms. The van der Waals surface area contributed by atoms with Crippen LogP contribution in [-0.2, 0) is 10.8 Å². The second-order valence-electron chi connectivity index (χ2n) is 36.4. The molecule has 5 aliphatic carbocycles. The Morgan fingerprint density at radius 3 is 0.659 bits per heavy atom. The van der Waals surface area contributed by atoms with Crippen LogP contribution >= 0.6 is 0 Å². The molecule has 20 aromatic carbocycles. The molecule has 0 aliphatic heterocycles. The number of fused-ring (bicyclic) bond motifs is 15. The summed E-state index contributed by atoms with van der Waals surface area (Å²) in [5.41, 5.74) is 26.0. The van der Waals surface area contributed by atoms with Gasteiger partial charge in [-0.05, 0) is 271 Å². The highest BCUT2D eigenvalue weighted by molar-refractivity contribution is 6.43. The van der Waals surface area contributed by atoms with E-state index in [2.05, 4.69) is 340 Å². The maximum atomic E-state index is 13.1. The summed E-state index contributed by atoms with van der Waals surface area (Å²) in [7, 11) is 0. The van der Waals surface area contributed by atoms with Gasteiger partial charge in [0.2, 0.25) is 0 Å². The molecule has 135 heavy (non-hydrogen) atoms. The molecule has 0 unspecified atom stereocenters. The zero-order valence-corrected chi connectivity index (χ0v) is 74.4. The minimum Gasteiger partial charge on any atom is -0.310 e. The first-order chi connectivity index (χ1) is 65.9. The van der Waals surface area contributed by atoms with E-state index in [4.69, 9.17) is 0 Å². The molecule has 0 fully saturated rings. The van der Waals surface area contributed by atoms with E-state index in [1.54, 1.807) is 91.0 Å². The van der Waals surface area contributed by atoms with Gasteiger partial charge in [0.15, 0.2) is 34.7 Å². The second kappa shape index (κ2) is 32.9. The van der Waals surface area contributed by atoms with Gasteiger partial charge in [-0.3, -0.25) is 28.8 Å². The van der Waals surface area contributed by atoms with E-state index in [1.165, 1.54) is 76.8 Å². The van der Waals surface area contributed by atoms with E-state index in [0.717, 1.165) is 100 Å². The fraction of sp³-hybridized carbons (Fsp3) is 0.0476. The SMILES string of the molecule is CC1(C)c2ccccc2-c2ccc(N(c3ccc4c(c3)C(C)(C)c3ccccc3-4)c3ccc4cc(C=C5C(=O)c6ccccc6C5=O)ccc4c3)cc21.O=C1C(=Cc2ccc3cc(N(c4ccc5ccccc5c4)c4ccc5ccccc5c4)ccc3c2)C(=O)c2ccccc21.O=C1C(=Cc2ccc3cc(N(c4ccccc4)c4ccc5ccccc5c4)ccc3c2)C(=O)c2ccccc21. The number of carbonyl (C=O) groups is 6. The zero-order chi connectivity index (χ0) is 91.5. The molecule has 20 aromatic rings. The molecular weight excluding hydrogens is 1650 g/mol. The predicted octanol–water partition coefficient (Wildman–Crippen LogP) is 31.4. The van der Waals surface area contributed by atoms with Crippen molar-refractivity contribution in [3.05, 3.63) is 514 Å². The van der Waals surface area contributed by atoms with Gasteiger partial charge in [0.25, 0.3) is 0 Å². The Hall–Kier alpha value is -17.4. The largest absolute Gasteiger partial charge is 0.310 e. The van der Waals surface area contributed by atoms with E-state index < -0.39 is 0 Å². The van der Waals surface area contributed by atoms with E-state index in [1.807, 2.05) is 54.6 Å². The molecule has 0 heterocycles. The standard InChI is InChI=1S/C50H37NO2.C40H25NO2.C36H23NO2/c1-49(2)43-15-9-7-11-36(43)38-23-21-34(28-45(38)49)51(35-22-24-39-37-12-8-10-16-44(37)50(3,4)46(39)29-35)33-20-19-31-25-30(17-18-32(31)27-33)26-42-47(52)40-13-5-6-14-41(40)48(42)53;42-39-36-11-5-6-12-37(36)40(43)38(39)22-26-13-14-32-25-35(20-17-31(32)21-26)41(33-18-15-27-7-1-3-9-29(27)23-33)34-19-16-28-8-2-4-10-30(28)24-34;38-35-32-12-6-7-13-33(32)36(39)34(35)21-24-14-15-28-23-31(19-17-27(28)20-24)37(29-10-2-1-3-11-29)30-18-16-25-8-4-5-9-26(25)22-30/h5-29H,1-4H3;1-25H;1-23H. The van der Waals surface area contributed by atoms with Gasteiger partial charge in [-0.1, -0.05) is 325 Å². The minimum atomic E-state index is -0.211. The number of benzene rings is 20. The van der Waals surface area contributed by atoms with E-state index in [9.17, 15) is 28.8 Å². The highest BCUT2D eigenvalue weighted by Gasteiger charge is 2.40. The Kier molecular flexibility index (Phi) is 20.0. The van der Waals surface area contributed by atoms with Crippen molar-refractivity contribution in [1.29, 1.82) is 0 Å². The molecule has 25 rings (SSSR count). The van der Waals surface area contributed by atoms with Gasteiger partial charge in [-0.15, -0.1) is 0 Å². The first-order valence-corrected chi connectivity index (χ1v) is 45.6. The number of anilines is 9. The van der Waals surface area contributed by atoms with E-state index >= 15 is 0 Å². The van der Waals surface area contributed by atoms with Crippen molar-refractivity contribution in [3.63, 3.8) is 0 Å². The first kappa shape index (κ1) is 82.0. The number of rotatable bonds is 12. The molecule has 0 N–H and O–H groups in total. The summed E-state index contributed by atoms with van der Waals surface area (Å²) in [6.07, 6.45) is 5.16. The van der Waals surface area contributed by atoms with Crippen LogP contribution in [0.15, 0.2) is 441 Å². The van der Waals surface area contributed by atoms with Crippen LogP contribution in [0.2, 0.25) is 0 Å². The van der Waals surface area contributed by atoms with Gasteiger partial charge in [0.05, 0.1) is 16.7 Å². The lowest BCUT2D eigenvalue weighted by Crippen LogP contribution is -2.18. The monoisotopic (exact) mass is 1740 g/mol. The van der Waals surface area contributed by atoms with Gasteiger partial charge in [0, 0.05) is 95.4 Å². The number of Topliss-reactive ketones (excluding diaryl/α,β-unsaturated/α-hetero) is 6. The van der Waals surface area contributed by atoms with Crippen molar-refractivity contribution in [2.45, 2.75) is 38.5 Å². The molecule has 0 saturated heterocycles. The highest BCUT2D eigenvalue weighted by Crippen LogP contribution is 2.54. The maximum absolute atomic E-state index is 13.1. The molecular formula is C126H85N3O6. The van der Waals surface area contributed by atoms with Crippen LogP contribution in [0.3, 0.4) is 0 Å². The normalized spacial score (nSPS) is 13.8. The van der Waals surface area contributed by atoms with Gasteiger partial charge < -0.3 is 14.7 Å². The zero-order valence-electron chi connectivity index (χ0n) is 74.4. The molecule has 0 saturated carbocycles. The minimum absolute atomic E-state index is 0.132. The van der Waals surface area contributed by atoms with Crippen molar-refractivity contribution in [2.75, 3.05) is 14.7 Å². The third-order valence-electron chi connectivity index (χ3n) is 27.6. The summed E-state index contributed by atoms with van der Waals surface area (Å²) < 4.78 is 0. The average molecular weight is 1740 g/mol. The van der Waals surface area contributed by atoms with Crippen molar-refractivity contribution < 1.29 is 28.8 Å². The average Bonchev–Trinajstić information content (AvgIpc) is 1.57. The van der Waals surface area contributed by atoms with Crippen molar-refractivity contribution in [3.8, 4) is 22.3 Å². The quantitative estimate of drug-likeness (QED) is 0.0872. The highest BCUT2D eigenvalue weighted by atomic mass is 16.2. The van der Waals surface area contributed by atoms with Crippen LogP contribution in [0.25, 0.3) is 105 Å². The predicted molar refractivity (Wildman–Crippen MR) is 553 cm³/mol. The van der Waals surface area contributed by atoms with Gasteiger partial charge >= 0.3 is 0 Å². The van der Waals surface area contributed by atoms with Crippen LogP contribution in [0, 0.1) is 0 Å². The Labute approximate surface area is 781 Å².